The molecule has 0 atom stereocenters. The third-order valence-corrected chi connectivity index (χ3v) is 9.48. The predicted octanol–water partition coefficient (Wildman–Crippen LogP) is 10.7. The van der Waals surface area contributed by atoms with Crippen molar-refractivity contribution in [2.24, 2.45) is 0 Å². The fourth-order valence-electron chi connectivity index (χ4n) is 6.57. The van der Waals surface area contributed by atoms with Crippen molar-refractivity contribution in [2.45, 2.75) is 39.5 Å². The molecule has 9 nitrogen and oxygen atoms in total. The molecule has 0 fully saturated rings. The number of aromatic hydroxyl groups is 2. The van der Waals surface area contributed by atoms with Crippen LogP contribution in [0.1, 0.15) is 60.1 Å². The maximum Gasteiger partial charge on any atom is 0.339 e. The Kier molecular flexibility index (Phi) is 12.1. The molecule has 2 aromatic heterocycles. The zero-order chi connectivity index (χ0) is 39.8. The molecule has 0 aliphatic carbocycles. The van der Waals surface area contributed by atoms with Crippen LogP contribution in [0.3, 0.4) is 0 Å². The zero-order valence-corrected chi connectivity index (χ0v) is 32.2. The number of rotatable bonds is 14. The monoisotopic (exact) mass is 746 g/mol. The molecule has 0 unspecified atom stereocenters. The van der Waals surface area contributed by atoms with E-state index in [0.29, 0.717) is 70.6 Å². The van der Waals surface area contributed by atoms with Crippen molar-refractivity contribution in [3.63, 3.8) is 0 Å². The summed E-state index contributed by atoms with van der Waals surface area (Å²) in [5.41, 5.74) is 6.86. The van der Waals surface area contributed by atoms with Crippen LogP contribution in [0.15, 0.2) is 122 Å². The maximum absolute atomic E-state index is 14.8. The Morgan fingerprint density at radius 3 is 1.41 bits per heavy atom. The third-order valence-electron chi connectivity index (χ3n) is 9.48. The van der Waals surface area contributed by atoms with Crippen molar-refractivity contribution in [1.29, 1.82) is 0 Å². The Morgan fingerprint density at radius 1 is 0.661 bits per heavy atom. The number of hydrogen-bond donors (Lipinski definition) is 2. The average molecular weight is 747 g/mol. The average Bonchev–Trinajstić information content (AvgIpc) is 3.89. The highest BCUT2D eigenvalue weighted by Crippen LogP contribution is 2.44. The van der Waals surface area contributed by atoms with Gasteiger partial charge in [0, 0.05) is 35.9 Å². The SMILES string of the molecule is C=C(C)CCc1c(OC)cc(C=Cc2ccccc2)c(-c2nccn2C(=O)n2ccnc2-c2c(/C=C/c3ccccc3)cc(OC)c(CCC(=C)C)c2O)c1O. The molecule has 0 saturated heterocycles. The number of imidazole rings is 2. The van der Waals surface area contributed by atoms with Gasteiger partial charge in [0.15, 0.2) is 11.6 Å². The number of benzene rings is 4. The van der Waals surface area contributed by atoms with E-state index in [1.165, 1.54) is 21.5 Å². The van der Waals surface area contributed by atoms with Gasteiger partial charge in [-0.1, -0.05) is 96.1 Å². The number of carbonyl (C=O) groups is 1. The van der Waals surface area contributed by atoms with Gasteiger partial charge < -0.3 is 19.7 Å². The van der Waals surface area contributed by atoms with Crippen LogP contribution in [-0.2, 0) is 12.8 Å². The standard InChI is InChI=1S/C47H46N4O5/c1-31(2)17-23-37-39(55-5)29-35(21-19-33-13-9-7-10-14-33)41(43(37)52)45-48-25-27-50(45)47(54)51-28-26-49-46(51)42-36(22-20-34-15-11-8-12-16-34)30-40(56-6)38(44(42)53)24-18-32(3)4/h7-16,19-22,25-30,52-53H,1,3,17-18,23-24H2,2,4-6H3/b21-19+,22-20?. The minimum absolute atomic E-state index is 0.0484. The van der Waals surface area contributed by atoms with E-state index in [-0.39, 0.29) is 23.1 Å². The Hall–Kier alpha value is -6.87. The summed E-state index contributed by atoms with van der Waals surface area (Å²) in [6.45, 7) is 12.0. The summed E-state index contributed by atoms with van der Waals surface area (Å²) in [7, 11) is 3.13. The number of phenols is 2. The van der Waals surface area contributed by atoms with E-state index in [4.69, 9.17) is 9.47 Å². The van der Waals surface area contributed by atoms with Gasteiger partial charge in [-0.15, -0.1) is 13.2 Å². The molecule has 6 rings (SSSR count). The Labute approximate surface area is 327 Å². The van der Waals surface area contributed by atoms with Crippen LogP contribution in [-0.4, -0.2) is 49.6 Å². The lowest BCUT2D eigenvalue weighted by atomic mass is 9.95. The van der Waals surface area contributed by atoms with Crippen LogP contribution in [0.5, 0.6) is 23.0 Å². The minimum atomic E-state index is -0.529. The van der Waals surface area contributed by atoms with Crippen molar-refractivity contribution in [1.82, 2.24) is 19.1 Å². The van der Waals surface area contributed by atoms with Crippen molar-refractivity contribution >= 4 is 30.3 Å². The molecule has 4 aromatic carbocycles. The predicted molar refractivity (Wildman–Crippen MR) is 225 cm³/mol. The van der Waals surface area contributed by atoms with Crippen LogP contribution >= 0.6 is 0 Å². The van der Waals surface area contributed by atoms with Gasteiger partial charge in [-0.2, -0.15) is 0 Å². The molecule has 0 spiro atoms. The van der Waals surface area contributed by atoms with Gasteiger partial charge in [-0.05, 0) is 73.9 Å². The highest BCUT2D eigenvalue weighted by molar-refractivity contribution is 5.93. The van der Waals surface area contributed by atoms with Crippen LogP contribution in [0.4, 0.5) is 4.79 Å². The first-order chi connectivity index (χ1) is 27.1. The Balaban J connectivity index is 1.52. The molecule has 2 heterocycles. The van der Waals surface area contributed by atoms with Crippen LogP contribution in [0.25, 0.3) is 47.1 Å². The summed E-state index contributed by atoms with van der Waals surface area (Å²) in [5, 5.41) is 24.1. The lowest BCUT2D eigenvalue weighted by molar-refractivity contribution is 0.244. The number of nitrogens with zero attached hydrogens (tertiary/aromatic N) is 4. The summed E-state index contributed by atoms with van der Waals surface area (Å²) in [4.78, 5) is 24.1. The summed E-state index contributed by atoms with van der Waals surface area (Å²) >= 11 is 0. The van der Waals surface area contributed by atoms with E-state index in [1.54, 1.807) is 26.6 Å². The second-order valence-electron chi connectivity index (χ2n) is 13.7. The quantitative estimate of drug-likeness (QED) is 0.0843. The number of allylic oxidation sites excluding steroid dienone is 2. The largest absolute Gasteiger partial charge is 0.507 e. The first kappa shape index (κ1) is 38.8. The van der Waals surface area contributed by atoms with Crippen LogP contribution < -0.4 is 9.47 Å². The molecule has 0 radical (unpaired) electrons. The van der Waals surface area contributed by atoms with Gasteiger partial charge in [0.1, 0.15) is 23.0 Å². The second-order valence-corrected chi connectivity index (χ2v) is 13.7. The smallest absolute Gasteiger partial charge is 0.339 e. The van der Waals surface area contributed by atoms with E-state index < -0.39 is 6.03 Å². The molecule has 6 aromatic rings. The van der Waals surface area contributed by atoms with Gasteiger partial charge in [0.05, 0.1) is 25.3 Å². The summed E-state index contributed by atoms with van der Waals surface area (Å²) < 4.78 is 14.3. The zero-order valence-electron chi connectivity index (χ0n) is 32.2. The fourth-order valence-corrected chi connectivity index (χ4v) is 6.57. The molecule has 2 N–H and O–H groups in total. The maximum atomic E-state index is 14.8. The van der Waals surface area contributed by atoms with Crippen LogP contribution in [0, 0.1) is 0 Å². The van der Waals surface area contributed by atoms with E-state index in [1.807, 2.05) is 111 Å². The van der Waals surface area contributed by atoms with Crippen molar-refractivity contribution in [2.75, 3.05) is 14.2 Å². The fraction of sp³-hybridized carbons (Fsp3) is 0.170. The molecule has 9 heteroatoms. The summed E-state index contributed by atoms with van der Waals surface area (Å²) in [5.74, 6) is 1.35. The molecule has 0 saturated carbocycles. The van der Waals surface area contributed by atoms with E-state index >= 15 is 0 Å². The third kappa shape index (κ3) is 8.42. The molecule has 0 aliphatic heterocycles. The number of hydrogen-bond acceptors (Lipinski definition) is 7. The van der Waals surface area contributed by atoms with Crippen molar-refractivity contribution < 1.29 is 24.5 Å². The second kappa shape index (κ2) is 17.5. The lowest BCUT2D eigenvalue weighted by Crippen LogP contribution is -2.20. The molecule has 0 aliphatic rings. The van der Waals surface area contributed by atoms with Gasteiger partial charge in [-0.25, -0.2) is 14.8 Å². The number of aromatic nitrogens is 4. The van der Waals surface area contributed by atoms with E-state index in [9.17, 15) is 15.0 Å². The number of methoxy groups -OCH3 is 2. The molecule has 0 amide bonds. The van der Waals surface area contributed by atoms with Crippen molar-refractivity contribution in [3.8, 4) is 45.8 Å². The highest BCUT2D eigenvalue weighted by atomic mass is 16.5. The number of carbonyl (C=O) groups excluding carboxylic acids is 1. The normalized spacial score (nSPS) is 11.4. The van der Waals surface area contributed by atoms with Gasteiger partial charge in [0.25, 0.3) is 0 Å². The molecule has 284 valence electrons. The van der Waals surface area contributed by atoms with Gasteiger partial charge in [0.2, 0.25) is 0 Å². The Bertz CT molecular complexity index is 2270. The molecule has 56 heavy (non-hydrogen) atoms. The topological polar surface area (TPSA) is 112 Å². The van der Waals surface area contributed by atoms with E-state index in [2.05, 4.69) is 23.1 Å². The number of ether oxygens (including phenoxy) is 2. The van der Waals surface area contributed by atoms with Gasteiger partial charge >= 0.3 is 6.03 Å². The first-order valence-corrected chi connectivity index (χ1v) is 18.3. The number of phenolic OH excluding ortho intramolecular Hbond substituents is 2. The molecular formula is C47H46N4O5. The summed E-state index contributed by atoms with van der Waals surface area (Å²) in [6.07, 6.45) is 15.9. The lowest BCUT2D eigenvalue weighted by Gasteiger charge is -2.19. The van der Waals surface area contributed by atoms with Crippen molar-refractivity contribution in [3.05, 3.63) is 155 Å². The molecular weight excluding hydrogens is 701 g/mol. The van der Waals surface area contributed by atoms with Crippen LogP contribution in [0.2, 0.25) is 0 Å². The van der Waals surface area contributed by atoms with E-state index in [0.717, 1.165) is 22.3 Å². The summed E-state index contributed by atoms with van der Waals surface area (Å²) in [6, 6.07) is 22.7. The Morgan fingerprint density at radius 2 is 1.05 bits per heavy atom. The highest BCUT2D eigenvalue weighted by Gasteiger charge is 2.28. The van der Waals surface area contributed by atoms with Gasteiger partial charge in [-0.3, -0.25) is 9.13 Å². The molecule has 0 bridgehead atoms. The first-order valence-electron chi connectivity index (χ1n) is 18.3. The minimum Gasteiger partial charge on any atom is -0.507 e.